The van der Waals surface area contributed by atoms with Crippen molar-refractivity contribution >= 4 is 32.1 Å². The Hall–Kier alpha value is -1.67. The molecule has 0 aliphatic carbocycles. The van der Waals surface area contributed by atoms with Crippen LogP contribution in [0.15, 0.2) is 57.9 Å². The van der Waals surface area contributed by atoms with E-state index < -0.39 is 10.1 Å². The molecule has 1 aliphatic rings. The van der Waals surface area contributed by atoms with Gasteiger partial charge in [-0.25, -0.2) is 0 Å². The number of hydrogen-bond acceptors (Lipinski definition) is 4. The minimum Gasteiger partial charge on any atom is -0.482 e. The molecule has 7 heteroatoms. The first-order valence-electron chi connectivity index (χ1n) is 7.09. The van der Waals surface area contributed by atoms with Crippen LogP contribution in [0, 0.1) is 6.92 Å². The zero-order chi connectivity index (χ0) is 17.7. The molecule has 0 aromatic heterocycles. The monoisotopic (exact) mass is 412 g/mol. The van der Waals surface area contributed by atoms with Gasteiger partial charge in [-0.15, -0.1) is 0 Å². The molecular weight excluding hydrogens is 396 g/mol. The first-order valence-corrected chi connectivity index (χ1v) is 9.33. The predicted molar refractivity (Wildman–Crippen MR) is 95.7 cm³/mol. The van der Waals surface area contributed by atoms with Gasteiger partial charge in [0.15, 0.2) is 0 Å². The van der Waals surface area contributed by atoms with Crippen LogP contribution in [-0.4, -0.2) is 30.8 Å². The van der Waals surface area contributed by atoms with Gasteiger partial charge in [-0.3, -0.25) is 4.55 Å². The highest BCUT2D eigenvalue weighted by Crippen LogP contribution is 2.33. The van der Waals surface area contributed by atoms with Crippen molar-refractivity contribution in [3.8, 4) is 5.75 Å². The Morgan fingerprint density at radius 3 is 2.42 bits per heavy atom. The Morgan fingerprint density at radius 2 is 1.83 bits per heavy atom. The van der Waals surface area contributed by atoms with Gasteiger partial charge in [0.25, 0.3) is 10.1 Å². The average Bonchev–Trinajstić information content (AvgIpc) is 2.55. The molecule has 0 amide bonds. The topological polar surface area (TPSA) is 83.8 Å². The molecule has 5 nitrogen and oxygen atoms in total. The number of rotatable bonds is 2. The minimum atomic E-state index is -4.02. The second-order valence-electron chi connectivity index (χ2n) is 5.14. The highest BCUT2D eigenvalue weighted by atomic mass is 79.9. The molecule has 2 aromatic carbocycles. The highest BCUT2D eigenvalue weighted by molar-refractivity contribution is 9.10. The van der Waals surface area contributed by atoms with Crippen molar-refractivity contribution in [2.75, 3.05) is 6.61 Å². The third kappa shape index (κ3) is 4.91. The summed E-state index contributed by atoms with van der Waals surface area (Å²) in [4.78, 5) is -0.0666. The summed E-state index contributed by atoms with van der Waals surface area (Å²) in [5, 5.41) is 8.92. The molecule has 3 rings (SSSR count). The zero-order valence-electron chi connectivity index (χ0n) is 12.9. The maximum absolute atomic E-state index is 10.5. The van der Waals surface area contributed by atoms with E-state index in [2.05, 4.69) is 15.9 Å². The van der Waals surface area contributed by atoms with Crippen molar-refractivity contribution in [1.29, 1.82) is 0 Å². The first-order chi connectivity index (χ1) is 11.3. The number of para-hydroxylation sites is 1. The summed E-state index contributed by atoms with van der Waals surface area (Å²) < 4.78 is 36.0. The molecule has 1 atom stereocenters. The van der Waals surface area contributed by atoms with Gasteiger partial charge < -0.3 is 9.84 Å². The molecule has 128 valence electrons. The lowest BCUT2D eigenvalue weighted by Crippen LogP contribution is -2.20. The van der Waals surface area contributed by atoms with Crippen LogP contribution in [0.3, 0.4) is 0 Å². The molecule has 1 aliphatic heterocycles. The van der Waals surface area contributed by atoms with Gasteiger partial charge in [0.2, 0.25) is 0 Å². The molecule has 24 heavy (non-hydrogen) atoms. The zero-order valence-corrected chi connectivity index (χ0v) is 15.3. The van der Waals surface area contributed by atoms with Crippen molar-refractivity contribution in [2.24, 2.45) is 0 Å². The van der Waals surface area contributed by atoms with Crippen LogP contribution in [0.5, 0.6) is 5.75 Å². The third-order valence-electron chi connectivity index (χ3n) is 3.26. The third-order valence-corrected chi connectivity index (χ3v) is 4.75. The lowest BCUT2D eigenvalue weighted by Gasteiger charge is -2.20. The summed E-state index contributed by atoms with van der Waals surface area (Å²) >= 11 is 3.40. The molecule has 1 heterocycles. The van der Waals surface area contributed by atoms with Crippen LogP contribution in [0.1, 0.15) is 11.1 Å². The largest absolute Gasteiger partial charge is 0.482 e. The number of aryl methyl sites for hydroxylation is 1. The average molecular weight is 413 g/mol. The van der Waals surface area contributed by atoms with Gasteiger partial charge in [0, 0.05) is 5.56 Å². The maximum Gasteiger partial charge on any atom is 0.294 e. The van der Waals surface area contributed by atoms with Crippen molar-refractivity contribution < 1.29 is 22.8 Å². The van der Waals surface area contributed by atoms with Gasteiger partial charge in [0.05, 0.1) is 16.0 Å². The SMILES string of the molecule is Cc1ccc(S(=O)(=O)O)cc1.OCC1C=Cc2cccc(Br)c2O1. The Morgan fingerprint density at radius 1 is 1.17 bits per heavy atom. The number of ether oxygens (including phenoxy) is 1. The molecule has 0 fully saturated rings. The Labute approximate surface area is 149 Å². The van der Waals surface area contributed by atoms with E-state index in [4.69, 9.17) is 14.4 Å². The van der Waals surface area contributed by atoms with Crippen molar-refractivity contribution in [2.45, 2.75) is 17.9 Å². The van der Waals surface area contributed by atoms with E-state index in [1.165, 1.54) is 12.1 Å². The van der Waals surface area contributed by atoms with Gasteiger partial charge in [-0.05, 0) is 47.1 Å². The van der Waals surface area contributed by atoms with E-state index in [-0.39, 0.29) is 17.6 Å². The quantitative estimate of drug-likeness (QED) is 0.737. The van der Waals surface area contributed by atoms with E-state index >= 15 is 0 Å². The van der Waals surface area contributed by atoms with Crippen LogP contribution in [0.2, 0.25) is 0 Å². The lowest BCUT2D eigenvalue weighted by atomic mass is 10.1. The van der Waals surface area contributed by atoms with Crippen molar-refractivity contribution in [3.63, 3.8) is 0 Å². The van der Waals surface area contributed by atoms with Crippen LogP contribution in [-0.2, 0) is 10.1 Å². The molecule has 1 unspecified atom stereocenters. The van der Waals surface area contributed by atoms with E-state index in [9.17, 15) is 8.42 Å². The summed E-state index contributed by atoms with van der Waals surface area (Å²) in [6, 6.07) is 11.8. The molecular formula is C17H17BrO5S. The molecule has 0 saturated heterocycles. The van der Waals surface area contributed by atoms with Crippen LogP contribution in [0.4, 0.5) is 0 Å². The van der Waals surface area contributed by atoms with Crippen molar-refractivity contribution in [1.82, 2.24) is 0 Å². The number of aliphatic hydroxyl groups is 1. The lowest BCUT2D eigenvalue weighted by molar-refractivity contribution is 0.147. The highest BCUT2D eigenvalue weighted by Gasteiger charge is 2.15. The first kappa shape index (κ1) is 18.7. The van der Waals surface area contributed by atoms with E-state index in [1.54, 1.807) is 12.1 Å². The Kier molecular flexibility index (Phi) is 6.17. The maximum atomic E-state index is 10.5. The number of benzene rings is 2. The fourth-order valence-corrected chi connectivity index (χ4v) is 2.95. The number of fused-ring (bicyclic) bond motifs is 1. The predicted octanol–water partition coefficient (Wildman–Crippen LogP) is 3.46. The second kappa shape index (κ2) is 7.94. The standard InChI is InChI=1S/C10H9BrO2.C7H8O3S/c11-9-3-1-2-7-4-5-8(6-12)13-10(7)9;1-6-2-4-7(5-3-6)11(8,9)10/h1-5,8,12H,6H2;2-5H,1H3,(H,8,9,10). The van der Waals surface area contributed by atoms with Gasteiger partial charge in [0.1, 0.15) is 11.9 Å². The van der Waals surface area contributed by atoms with Crippen molar-refractivity contribution in [3.05, 3.63) is 64.1 Å². The number of halogens is 1. The smallest absolute Gasteiger partial charge is 0.294 e. The summed E-state index contributed by atoms with van der Waals surface area (Å²) in [5.74, 6) is 0.809. The summed E-state index contributed by atoms with van der Waals surface area (Å²) in [6.07, 6.45) is 3.60. The van der Waals surface area contributed by atoms with E-state index in [0.29, 0.717) is 0 Å². The Bertz CT molecular complexity index is 829. The molecule has 2 N–H and O–H groups in total. The molecule has 0 bridgehead atoms. The van der Waals surface area contributed by atoms with Crippen LogP contribution >= 0.6 is 15.9 Å². The molecule has 2 aromatic rings. The van der Waals surface area contributed by atoms with Crippen LogP contribution in [0.25, 0.3) is 6.08 Å². The molecule has 0 saturated carbocycles. The molecule has 0 spiro atoms. The van der Waals surface area contributed by atoms with E-state index in [1.807, 2.05) is 37.3 Å². The summed E-state index contributed by atoms with van der Waals surface area (Å²) in [7, 11) is -4.02. The molecule has 0 radical (unpaired) electrons. The number of aliphatic hydroxyl groups excluding tert-OH is 1. The van der Waals surface area contributed by atoms with Gasteiger partial charge in [-0.1, -0.05) is 35.9 Å². The number of hydrogen-bond donors (Lipinski definition) is 2. The normalized spacial score (nSPS) is 15.8. The summed E-state index contributed by atoms with van der Waals surface area (Å²) in [6.45, 7) is 1.85. The van der Waals surface area contributed by atoms with Gasteiger partial charge in [-0.2, -0.15) is 8.42 Å². The second-order valence-corrected chi connectivity index (χ2v) is 7.42. The fourth-order valence-electron chi connectivity index (χ4n) is 1.99. The minimum absolute atomic E-state index is 0.0112. The van der Waals surface area contributed by atoms with Crippen LogP contribution < -0.4 is 4.74 Å². The Balaban J connectivity index is 0.000000177. The fraction of sp³-hybridized carbons (Fsp3) is 0.176. The summed E-state index contributed by atoms with van der Waals surface area (Å²) in [5.41, 5.74) is 2.00. The van der Waals surface area contributed by atoms with Gasteiger partial charge >= 0.3 is 0 Å². The van der Waals surface area contributed by atoms with E-state index in [0.717, 1.165) is 21.3 Å².